The van der Waals surface area contributed by atoms with E-state index in [2.05, 4.69) is 10.6 Å². The summed E-state index contributed by atoms with van der Waals surface area (Å²) in [4.78, 5) is 12.8. The Bertz CT molecular complexity index is 643. The Morgan fingerprint density at radius 2 is 1.67 bits per heavy atom. The largest absolute Gasteiger partial charge is 0.358 e. The molecule has 1 atom stereocenters. The quantitative estimate of drug-likeness (QED) is 0.759. The van der Waals surface area contributed by atoms with Gasteiger partial charge in [-0.3, -0.25) is 4.79 Å². The molecule has 0 radical (unpaired) electrons. The summed E-state index contributed by atoms with van der Waals surface area (Å²) >= 11 is 1.57. The molecule has 1 amide bonds. The van der Waals surface area contributed by atoms with Crippen molar-refractivity contribution in [1.29, 1.82) is 0 Å². The molecule has 0 fully saturated rings. The number of fused-ring (bicyclic) bond motifs is 3. The molecule has 4 rings (SSSR count). The predicted molar refractivity (Wildman–Crippen MR) is 72.7 cm³/mol. The van der Waals surface area contributed by atoms with Crippen LogP contribution in [0.15, 0.2) is 53.4 Å². The first kappa shape index (κ1) is 10.0. The van der Waals surface area contributed by atoms with Crippen LogP contribution < -0.4 is 10.6 Å². The number of thioether (sulfide) groups is 1. The van der Waals surface area contributed by atoms with Gasteiger partial charge in [0.1, 0.15) is 0 Å². The highest BCUT2D eigenvalue weighted by atomic mass is 32.2. The van der Waals surface area contributed by atoms with Crippen molar-refractivity contribution >= 4 is 29.0 Å². The number of hydrogen-bond donors (Lipinski definition) is 2. The van der Waals surface area contributed by atoms with Crippen molar-refractivity contribution in [3.05, 3.63) is 54.1 Å². The van der Waals surface area contributed by atoms with Crippen LogP contribution in [0.5, 0.6) is 0 Å². The van der Waals surface area contributed by atoms with Gasteiger partial charge in [-0.1, -0.05) is 42.1 Å². The minimum Gasteiger partial charge on any atom is -0.358 e. The van der Waals surface area contributed by atoms with Crippen LogP contribution in [0, 0.1) is 0 Å². The van der Waals surface area contributed by atoms with Crippen LogP contribution >= 0.6 is 11.8 Å². The van der Waals surface area contributed by atoms with Gasteiger partial charge in [-0.15, -0.1) is 0 Å². The minimum absolute atomic E-state index is 0.00454. The second kappa shape index (κ2) is 3.29. The zero-order valence-corrected chi connectivity index (χ0v) is 10.3. The Labute approximate surface area is 109 Å². The number of para-hydroxylation sites is 2. The molecule has 0 aromatic heterocycles. The van der Waals surface area contributed by atoms with Crippen LogP contribution in [-0.4, -0.2) is 5.91 Å². The first-order valence-corrected chi connectivity index (χ1v) is 6.58. The molecule has 2 aliphatic heterocycles. The lowest BCUT2D eigenvalue weighted by atomic mass is 10.1. The van der Waals surface area contributed by atoms with E-state index in [1.165, 1.54) is 0 Å². The van der Waals surface area contributed by atoms with Crippen LogP contribution in [0.1, 0.15) is 5.56 Å². The fraction of sp³-hybridized carbons (Fsp3) is 0.0714. The third kappa shape index (κ3) is 1.13. The van der Waals surface area contributed by atoms with Crippen LogP contribution in [0.3, 0.4) is 0 Å². The van der Waals surface area contributed by atoms with Gasteiger partial charge in [-0.05, 0) is 18.2 Å². The lowest BCUT2D eigenvalue weighted by Gasteiger charge is -2.21. The topological polar surface area (TPSA) is 41.1 Å². The van der Waals surface area contributed by atoms with E-state index in [-0.39, 0.29) is 5.91 Å². The summed E-state index contributed by atoms with van der Waals surface area (Å²) in [5.74, 6) is 0.00454. The molecule has 2 aliphatic rings. The van der Waals surface area contributed by atoms with Crippen molar-refractivity contribution in [2.75, 3.05) is 10.6 Å². The van der Waals surface area contributed by atoms with Gasteiger partial charge < -0.3 is 10.6 Å². The maximum absolute atomic E-state index is 12.3. The first-order valence-electron chi connectivity index (χ1n) is 5.77. The Balaban J connectivity index is 1.90. The number of carbonyl (C=O) groups excluding carboxylic acids is 1. The van der Waals surface area contributed by atoms with Crippen molar-refractivity contribution in [2.45, 2.75) is 9.77 Å². The highest BCUT2D eigenvalue weighted by Gasteiger charge is 2.51. The Kier molecular flexibility index (Phi) is 1.84. The number of anilines is 2. The third-order valence-electron chi connectivity index (χ3n) is 3.34. The van der Waals surface area contributed by atoms with Gasteiger partial charge in [-0.25, -0.2) is 0 Å². The molecule has 0 saturated carbocycles. The molecule has 18 heavy (non-hydrogen) atoms. The number of benzene rings is 2. The molecular formula is C14H10N2OS. The van der Waals surface area contributed by atoms with Gasteiger partial charge in [0, 0.05) is 21.8 Å². The molecule has 2 aromatic carbocycles. The molecule has 1 spiro atoms. The SMILES string of the molecule is O=C1Nc2ccccc2[C@@]12Nc1ccccc1S2. The molecule has 4 heteroatoms. The maximum Gasteiger partial charge on any atom is 0.265 e. The molecule has 2 N–H and O–H groups in total. The zero-order chi connectivity index (χ0) is 12.2. The number of rotatable bonds is 0. The van der Waals surface area contributed by atoms with Crippen LogP contribution in [0.25, 0.3) is 0 Å². The van der Waals surface area contributed by atoms with Crippen LogP contribution in [0.4, 0.5) is 11.4 Å². The second-order valence-corrected chi connectivity index (χ2v) is 5.66. The van der Waals surface area contributed by atoms with Crippen molar-refractivity contribution < 1.29 is 4.79 Å². The van der Waals surface area contributed by atoms with E-state index in [1.54, 1.807) is 11.8 Å². The Hall–Kier alpha value is -1.94. The first-order chi connectivity index (χ1) is 8.79. The molecule has 0 bridgehead atoms. The van der Waals surface area contributed by atoms with Gasteiger partial charge in [0.25, 0.3) is 5.91 Å². The highest BCUT2D eigenvalue weighted by molar-refractivity contribution is 8.01. The summed E-state index contributed by atoms with van der Waals surface area (Å²) in [6.45, 7) is 0. The van der Waals surface area contributed by atoms with E-state index in [9.17, 15) is 4.79 Å². The van der Waals surface area contributed by atoms with E-state index < -0.39 is 4.87 Å². The van der Waals surface area contributed by atoms with Crippen LogP contribution in [-0.2, 0) is 9.67 Å². The summed E-state index contributed by atoms with van der Waals surface area (Å²) < 4.78 is 0. The molecular weight excluding hydrogens is 244 g/mol. The average molecular weight is 254 g/mol. The Morgan fingerprint density at radius 3 is 2.50 bits per heavy atom. The van der Waals surface area contributed by atoms with Crippen molar-refractivity contribution in [3.63, 3.8) is 0 Å². The zero-order valence-electron chi connectivity index (χ0n) is 9.44. The van der Waals surface area contributed by atoms with Crippen molar-refractivity contribution in [3.8, 4) is 0 Å². The molecule has 3 nitrogen and oxygen atoms in total. The lowest BCUT2D eigenvalue weighted by Crippen LogP contribution is -2.35. The highest BCUT2D eigenvalue weighted by Crippen LogP contribution is 2.55. The predicted octanol–water partition coefficient (Wildman–Crippen LogP) is 3.01. The van der Waals surface area contributed by atoms with Crippen molar-refractivity contribution in [1.82, 2.24) is 0 Å². The normalized spacial score (nSPS) is 23.4. The van der Waals surface area contributed by atoms with Gasteiger partial charge >= 0.3 is 0 Å². The summed E-state index contributed by atoms with van der Waals surface area (Å²) in [6, 6.07) is 15.8. The van der Waals surface area contributed by atoms with Gasteiger partial charge in [0.15, 0.2) is 4.87 Å². The second-order valence-electron chi connectivity index (χ2n) is 4.40. The number of nitrogens with one attached hydrogen (secondary N) is 2. The molecule has 2 aromatic rings. The number of carbonyl (C=O) groups is 1. The van der Waals surface area contributed by atoms with Gasteiger partial charge in [-0.2, -0.15) is 0 Å². The average Bonchev–Trinajstić information content (AvgIpc) is 2.90. The fourth-order valence-corrected chi connectivity index (χ4v) is 3.79. The summed E-state index contributed by atoms with van der Waals surface area (Å²) in [6.07, 6.45) is 0. The van der Waals surface area contributed by atoms with Gasteiger partial charge in [0.2, 0.25) is 0 Å². The maximum atomic E-state index is 12.3. The minimum atomic E-state index is -0.694. The molecule has 0 aliphatic carbocycles. The summed E-state index contributed by atoms with van der Waals surface area (Å²) in [7, 11) is 0. The fourth-order valence-electron chi connectivity index (χ4n) is 2.50. The molecule has 0 saturated heterocycles. The third-order valence-corrected chi connectivity index (χ3v) is 4.72. The number of hydrogen-bond acceptors (Lipinski definition) is 3. The summed E-state index contributed by atoms with van der Waals surface area (Å²) in [5, 5.41) is 6.31. The monoisotopic (exact) mass is 254 g/mol. The van der Waals surface area contributed by atoms with Crippen molar-refractivity contribution in [2.24, 2.45) is 0 Å². The van der Waals surface area contributed by atoms with E-state index in [1.807, 2.05) is 48.5 Å². The van der Waals surface area contributed by atoms with Crippen LogP contribution in [0.2, 0.25) is 0 Å². The van der Waals surface area contributed by atoms with E-state index in [4.69, 9.17) is 0 Å². The smallest absolute Gasteiger partial charge is 0.265 e. The Morgan fingerprint density at radius 1 is 0.944 bits per heavy atom. The molecule has 88 valence electrons. The molecule has 2 heterocycles. The van der Waals surface area contributed by atoms with E-state index >= 15 is 0 Å². The summed E-state index contributed by atoms with van der Waals surface area (Å²) in [5.41, 5.74) is 2.93. The van der Waals surface area contributed by atoms with E-state index in [0.29, 0.717) is 0 Å². The molecule has 0 unspecified atom stereocenters. The standard InChI is InChI=1S/C14H10N2OS/c17-13-14(9-5-1-2-6-10(9)15-13)16-11-7-3-4-8-12(11)18-14/h1-8,16H,(H,15,17)/t14-/m0/s1. The van der Waals surface area contributed by atoms with E-state index in [0.717, 1.165) is 21.8 Å². The lowest BCUT2D eigenvalue weighted by molar-refractivity contribution is -0.117. The van der Waals surface area contributed by atoms with Gasteiger partial charge in [0.05, 0.1) is 0 Å². The number of amides is 1.